The fraction of sp³-hybridized carbons (Fsp3) is 0.333. The summed E-state index contributed by atoms with van der Waals surface area (Å²) in [5.74, 6) is -0.415. The molecule has 29 heavy (non-hydrogen) atoms. The Hall–Kier alpha value is -3.00. The van der Waals surface area contributed by atoms with Crippen molar-refractivity contribution in [3.05, 3.63) is 56.4 Å². The number of carbonyl (C=O) groups excluding carboxylic acids is 2. The van der Waals surface area contributed by atoms with Crippen molar-refractivity contribution in [1.82, 2.24) is 14.9 Å². The van der Waals surface area contributed by atoms with Crippen LogP contribution in [0.3, 0.4) is 0 Å². The lowest BCUT2D eigenvalue weighted by molar-refractivity contribution is -0.116. The predicted molar refractivity (Wildman–Crippen MR) is 116 cm³/mol. The first-order valence-corrected chi connectivity index (χ1v) is 10.3. The number of benzene rings is 1. The second-order valence-electron chi connectivity index (χ2n) is 6.89. The maximum Gasteiger partial charge on any atom is 0.262 e. The Kier molecular flexibility index (Phi) is 6.12. The van der Waals surface area contributed by atoms with Gasteiger partial charge in [-0.1, -0.05) is 6.07 Å². The van der Waals surface area contributed by atoms with E-state index in [0.29, 0.717) is 23.2 Å². The molecule has 0 fully saturated rings. The molecule has 3 rings (SSSR count). The van der Waals surface area contributed by atoms with Crippen LogP contribution in [-0.4, -0.2) is 27.9 Å². The number of aromatic nitrogens is 2. The van der Waals surface area contributed by atoms with Crippen LogP contribution >= 0.6 is 11.3 Å². The van der Waals surface area contributed by atoms with Crippen molar-refractivity contribution < 1.29 is 9.59 Å². The van der Waals surface area contributed by atoms with Crippen LogP contribution in [0, 0.1) is 20.8 Å². The lowest BCUT2D eigenvalue weighted by atomic mass is 10.1. The summed E-state index contributed by atoms with van der Waals surface area (Å²) in [5, 5.41) is 6.20. The number of rotatable bonds is 6. The second kappa shape index (κ2) is 8.57. The normalized spacial score (nSPS) is 10.9. The largest absolute Gasteiger partial charge is 0.352 e. The summed E-state index contributed by atoms with van der Waals surface area (Å²) in [5.41, 5.74) is 2.75. The molecule has 0 aliphatic rings. The first kappa shape index (κ1) is 20.7. The highest BCUT2D eigenvalue weighted by Gasteiger charge is 2.14. The molecule has 0 bridgehead atoms. The van der Waals surface area contributed by atoms with E-state index < -0.39 is 0 Å². The standard InChI is InChI=1S/C21H24N4O3S/c1-5-22-19(27)15-7-6-12(2)16(10-15)24-17(26)8-9-25-11-23-20-18(21(25)28)13(3)14(4)29-20/h6-7,10-11H,5,8-9H2,1-4H3,(H,22,27)(H,24,26). The third-order valence-electron chi connectivity index (χ3n) is 4.85. The van der Waals surface area contributed by atoms with Gasteiger partial charge in [0.05, 0.1) is 11.7 Å². The molecular formula is C21H24N4O3S. The van der Waals surface area contributed by atoms with Crippen molar-refractivity contribution >= 4 is 39.1 Å². The van der Waals surface area contributed by atoms with Gasteiger partial charge >= 0.3 is 0 Å². The number of hydrogen-bond donors (Lipinski definition) is 2. The van der Waals surface area contributed by atoms with Gasteiger partial charge in [-0.3, -0.25) is 19.0 Å². The number of carbonyl (C=O) groups is 2. The molecule has 2 aromatic heterocycles. The van der Waals surface area contributed by atoms with Crippen molar-refractivity contribution in [3.63, 3.8) is 0 Å². The maximum absolute atomic E-state index is 12.7. The monoisotopic (exact) mass is 412 g/mol. The van der Waals surface area contributed by atoms with E-state index in [9.17, 15) is 14.4 Å². The molecule has 7 nitrogen and oxygen atoms in total. The van der Waals surface area contributed by atoms with Crippen LogP contribution in [0.2, 0.25) is 0 Å². The van der Waals surface area contributed by atoms with Crippen LogP contribution in [0.4, 0.5) is 5.69 Å². The van der Waals surface area contributed by atoms with E-state index in [4.69, 9.17) is 0 Å². The highest BCUT2D eigenvalue weighted by atomic mass is 32.1. The second-order valence-corrected chi connectivity index (χ2v) is 8.10. The number of thiophene rings is 1. The van der Waals surface area contributed by atoms with E-state index in [1.54, 1.807) is 18.2 Å². The molecule has 3 aromatic rings. The number of amides is 2. The SMILES string of the molecule is CCNC(=O)c1ccc(C)c(NC(=O)CCn2cnc3sc(C)c(C)c3c2=O)c1. The van der Waals surface area contributed by atoms with Crippen LogP contribution in [0.5, 0.6) is 0 Å². The maximum atomic E-state index is 12.7. The van der Waals surface area contributed by atoms with E-state index in [2.05, 4.69) is 15.6 Å². The molecule has 2 heterocycles. The molecule has 0 aliphatic heterocycles. The zero-order chi connectivity index (χ0) is 21.1. The van der Waals surface area contributed by atoms with Crippen LogP contribution in [0.1, 0.15) is 39.7 Å². The van der Waals surface area contributed by atoms with Crippen LogP contribution < -0.4 is 16.2 Å². The first-order valence-electron chi connectivity index (χ1n) is 9.45. The lowest BCUT2D eigenvalue weighted by Gasteiger charge is -2.11. The molecule has 0 unspecified atom stereocenters. The molecule has 0 radical (unpaired) electrons. The summed E-state index contributed by atoms with van der Waals surface area (Å²) in [6.07, 6.45) is 1.62. The van der Waals surface area contributed by atoms with Crippen LogP contribution in [-0.2, 0) is 11.3 Å². The first-order chi connectivity index (χ1) is 13.8. The Balaban J connectivity index is 1.72. The van der Waals surface area contributed by atoms with Crippen molar-refractivity contribution in [3.8, 4) is 0 Å². The Morgan fingerprint density at radius 3 is 2.69 bits per heavy atom. The average molecular weight is 413 g/mol. The van der Waals surface area contributed by atoms with Gasteiger partial charge in [0.25, 0.3) is 11.5 Å². The molecule has 2 N–H and O–H groups in total. The van der Waals surface area contributed by atoms with Crippen molar-refractivity contribution in [2.45, 2.75) is 40.7 Å². The van der Waals surface area contributed by atoms with Crippen LogP contribution in [0.15, 0.2) is 29.3 Å². The Morgan fingerprint density at radius 1 is 1.21 bits per heavy atom. The zero-order valence-electron chi connectivity index (χ0n) is 17.0. The highest BCUT2D eigenvalue weighted by Crippen LogP contribution is 2.25. The van der Waals surface area contributed by atoms with E-state index in [1.807, 2.05) is 27.7 Å². The highest BCUT2D eigenvalue weighted by molar-refractivity contribution is 7.18. The quantitative estimate of drug-likeness (QED) is 0.650. The van der Waals surface area contributed by atoms with Gasteiger partial charge in [-0.25, -0.2) is 4.98 Å². The number of hydrogen-bond acceptors (Lipinski definition) is 5. The third kappa shape index (κ3) is 4.37. The van der Waals surface area contributed by atoms with Gasteiger partial charge in [0.2, 0.25) is 5.91 Å². The number of nitrogens with one attached hydrogen (secondary N) is 2. The number of fused-ring (bicyclic) bond motifs is 1. The third-order valence-corrected chi connectivity index (χ3v) is 5.96. The summed E-state index contributed by atoms with van der Waals surface area (Å²) in [7, 11) is 0. The lowest BCUT2D eigenvalue weighted by Crippen LogP contribution is -2.24. The van der Waals surface area contributed by atoms with E-state index in [0.717, 1.165) is 20.8 Å². The zero-order valence-corrected chi connectivity index (χ0v) is 17.8. The van der Waals surface area contributed by atoms with E-state index >= 15 is 0 Å². The molecule has 1 aromatic carbocycles. The molecule has 8 heteroatoms. The van der Waals surface area contributed by atoms with Crippen molar-refractivity contribution in [2.24, 2.45) is 0 Å². The van der Waals surface area contributed by atoms with Gasteiger partial charge in [0.1, 0.15) is 4.83 Å². The van der Waals surface area contributed by atoms with Crippen molar-refractivity contribution in [1.29, 1.82) is 0 Å². The Bertz CT molecular complexity index is 1150. The average Bonchev–Trinajstić information content (AvgIpc) is 2.98. The molecule has 0 saturated carbocycles. The minimum atomic E-state index is -0.230. The number of nitrogens with zero attached hydrogens (tertiary/aromatic N) is 2. The van der Waals surface area contributed by atoms with Gasteiger partial charge in [-0.05, 0) is 51.0 Å². The molecule has 152 valence electrons. The van der Waals surface area contributed by atoms with Gasteiger partial charge in [0, 0.05) is 35.6 Å². The van der Waals surface area contributed by atoms with E-state index in [1.165, 1.54) is 22.2 Å². The Labute approximate surface area is 172 Å². The minimum Gasteiger partial charge on any atom is -0.352 e. The fourth-order valence-electron chi connectivity index (χ4n) is 3.02. The van der Waals surface area contributed by atoms with Gasteiger partial charge in [-0.2, -0.15) is 0 Å². The summed E-state index contributed by atoms with van der Waals surface area (Å²) in [6.45, 7) is 8.36. The van der Waals surface area contributed by atoms with Gasteiger partial charge in [0.15, 0.2) is 0 Å². The van der Waals surface area contributed by atoms with Crippen LogP contribution in [0.25, 0.3) is 10.2 Å². The topological polar surface area (TPSA) is 93.1 Å². The summed E-state index contributed by atoms with van der Waals surface area (Å²) >= 11 is 1.50. The van der Waals surface area contributed by atoms with Gasteiger partial charge in [-0.15, -0.1) is 11.3 Å². The molecular weight excluding hydrogens is 388 g/mol. The Morgan fingerprint density at radius 2 is 1.97 bits per heavy atom. The predicted octanol–water partition coefficient (Wildman–Crippen LogP) is 3.16. The van der Waals surface area contributed by atoms with Crippen molar-refractivity contribution in [2.75, 3.05) is 11.9 Å². The van der Waals surface area contributed by atoms with E-state index in [-0.39, 0.29) is 30.3 Å². The smallest absolute Gasteiger partial charge is 0.262 e. The fourth-order valence-corrected chi connectivity index (χ4v) is 4.01. The molecule has 2 amide bonds. The molecule has 0 atom stereocenters. The summed E-state index contributed by atoms with van der Waals surface area (Å²) in [6, 6.07) is 5.18. The van der Waals surface area contributed by atoms with Gasteiger partial charge < -0.3 is 10.6 Å². The summed E-state index contributed by atoms with van der Waals surface area (Å²) < 4.78 is 1.47. The number of anilines is 1. The molecule has 0 saturated heterocycles. The number of aryl methyl sites for hydroxylation is 4. The molecule has 0 spiro atoms. The minimum absolute atomic E-state index is 0.125. The summed E-state index contributed by atoms with van der Waals surface area (Å²) in [4.78, 5) is 43.3. The molecule has 0 aliphatic carbocycles.